The van der Waals surface area contributed by atoms with Crippen LogP contribution in [-0.4, -0.2) is 13.2 Å². The fraction of sp³-hybridized carbons (Fsp3) is 0.250. The molecule has 0 spiro atoms. The van der Waals surface area contributed by atoms with Gasteiger partial charge in [0.2, 0.25) is 0 Å². The van der Waals surface area contributed by atoms with E-state index >= 15 is 0 Å². The highest BCUT2D eigenvalue weighted by Gasteiger charge is 1.99. The van der Waals surface area contributed by atoms with Gasteiger partial charge in [-0.3, -0.25) is 0 Å². The van der Waals surface area contributed by atoms with Crippen LogP contribution in [0.1, 0.15) is 0 Å². The number of halogens is 2. The van der Waals surface area contributed by atoms with Gasteiger partial charge in [-0.25, -0.2) is 0 Å². The summed E-state index contributed by atoms with van der Waals surface area (Å²) in [5.74, 6) is 0.604. The van der Waals surface area contributed by atoms with Gasteiger partial charge < -0.3 is 4.74 Å². The van der Waals surface area contributed by atoms with Gasteiger partial charge in [-0.1, -0.05) is 28.3 Å². The summed E-state index contributed by atoms with van der Waals surface area (Å²) in [5.41, 5.74) is 8.01. The molecule has 0 heterocycles. The third-order valence-electron chi connectivity index (χ3n) is 1.41. The van der Waals surface area contributed by atoms with E-state index in [0.717, 1.165) is 0 Å². The molecule has 0 radical (unpaired) electrons. The van der Waals surface area contributed by atoms with E-state index in [1.807, 2.05) is 0 Å². The summed E-state index contributed by atoms with van der Waals surface area (Å²) in [6, 6.07) is 4.96. The summed E-state index contributed by atoms with van der Waals surface area (Å²) in [4.78, 5) is 2.60. The number of hydrogen-bond donors (Lipinski definition) is 0. The largest absolute Gasteiger partial charge is 0.493 e. The van der Waals surface area contributed by atoms with E-state index < -0.39 is 0 Å². The lowest BCUT2D eigenvalue weighted by molar-refractivity contribution is 0.328. The Kier molecular flexibility index (Phi) is 4.40. The molecular formula is C8H7Cl2N3O. The fourth-order valence-electron chi connectivity index (χ4n) is 0.816. The van der Waals surface area contributed by atoms with Crippen molar-refractivity contribution in [1.29, 1.82) is 0 Å². The van der Waals surface area contributed by atoms with Crippen molar-refractivity contribution in [2.75, 3.05) is 13.2 Å². The van der Waals surface area contributed by atoms with Crippen LogP contribution in [0.3, 0.4) is 0 Å². The van der Waals surface area contributed by atoms with E-state index in [1.54, 1.807) is 18.2 Å². The van der Waals surface area contributed by atoms with Gasteiger partial charge in [0.15, 0.2) is 0 Å². The van der Waals surface area contributed by atoms with Crippen LogP contribution in [0.25, 0.3) is 10.4 Å². The number of ether oxygens (including phenoxy) is 1. The molecule has 1 aromatic rings. The molecule has 0 bridgehead atoms. The number of hydrogen-bond acceptors (Lipinski definition) is 2. The highest BCUT2D eigenvalue weighted by molar-refractivity contribution is 6.42. The summed E-state index contributed by atoms with van der Waals surface area (Å²) < 4.78 is 5.24. The van der Waals surface area contributed by atoms with E-state index in [2.05, 4.69) is 10.0 Å². The Morgan fingerprint density at radius 1 is 1.36 bits per heavy atom. The topological polar surface area (TPSA) is 58.0 Å². The maximum atomic E-state index is 8.01. The Morgan fingerprint density at radius 2 is 2.14 bits per heavy atom. The van der Waals surface area contributed by atoms with Crippen molar-refractivity contribution >= 4 is 23.2 Å². The Labute approximate surface area is 91.0 Å². The van der Waals surface area contributed by atoms with Crippen LogP contribution in [0.15, 0.2) is 23.3 Å². The predicted molar refractivity (Wildman–Crippen MR) is 56.0 cm³/mol. The van der Waals surface area contributed by atoms with Gasteiger partial charge in [0, 0.05) is 11.0 Å². The molecule has 0 aromatic heterocycles. The van der Waals surface area contributed by atoms with Crippen LogP contribution in [0, 0.1) is 0 Å². The second-order valence-corrected chi connectivity index (χ2v) is 3.19. The maximum absolute atomic E-state index is 8.01. The molecule has 0 atom stereocenters. The zero-order valence-electron chi connectivity index (χ0n) is 7.15. The lowest BCUT2D eigenvalue weighted by Gasteiger charge is -2.04. The van der Waals surface area contributed by atoms with E-state index in [4.69, 9.17) is 33.5 Å². The van der Waals surface area contributed by atoms with Crippen molar-refractivity contribution < 1.29 is 4.74 Å². The van der Waals surface area contributed by atoms with Crippen LogP contribution in [-0.2, 0) is 0 Å². The first kappa shape index (κ1) is 11.0. The molecule has 0 unspecified atom stereocenters. The Balaban J connectivity index is 2.51. The Bertz CT molecular complexity index is 364. The number of benzene rings is 1. The summed E-state index contributed by atoms with van der Waals surface area (Å²) >= 11 is 11.5. The first-order valence-electron chi connectivity index (χ1n) is 3.83. The fourth-order valence-corrected chi connectivity index (χ4v) is 1.10. The standard InChI is InChI=1S/C8H7Cl2N3O/c9-7-2-1-6(5-8(7)10)14-4-3-12-13-11/h1-2,5H,3-4H2. The average molecular weight is 232 g/mol. The van der Waals surface area contributed by atoms with Crippen molar-refractivity contribution in [1.82, 2.24) is 0 Å². The lowest BCUT2D eigenvalue weighted by Crippen LogP contribution is -1.99. The second-order valence-electron chi connectivity index (χ2n) is 2.38. The molecule has 0 fully saturated rings. The van der Waals surface area contributed by atoms with Gasteiger partial charge in [-0.15, -0.1) is 0 Å². The van der Waals surface area contributed by atoms with Crippen LogP contribution in [0.2, 0.25) is 10.0 Å². The number of azide groups is 1. The molecule has 4 nitrogen and oxygen atoms in total. The molecule has 0 N–H and O–H groups in total. The Morgan fingerprint density at radius 3 is 2.79 bits per heavy atom. The van der Waals surface area contributed by atoms with Crippen LogP contribution in [0.5, 0.6) is 5.75 Å². The van der Waals surface area contributed by atoms with Crippen molar-refractivity contribution in [3.8, 4) is 5.75 Å². The third-order valence-corrected chi connectivity index (χ3v) is 2.15. The zero-order chi connectivity index (χ0) is 10.4. The molecule has 6 heteroatoms. The van der Waals surface area contributed by atoms with Crippen molar-refractivity contribution in [2.45, 2.75) is 0 Å². The summed E-state index contributed by atoms with van der Waals surface area (Å²) in [6.45, 7) is 0.610. The molecule has 0 aliphatic rings. The van der Waals surface area contributed by atoms with Gasteiger partial charge in [-0.2, -0.15) is 0 Å². The van der Waals surface area contributed by atoms with E-state index in [-0.39, 0.29) is 6.54 Å². The molecule has 1 rings (SSSR count). The second kappa shape index (κ2) is 5.60. The number of rotatable bonds is 4. The van der Waals surface area contributed by atoms with Crippen LogP contribution in [0.4, 0.5) is 0 Å². The summed E-state index contributed by atoms with van der Waals surface area (Å²) in [5, 5.41) is 4.24. The van der Waals surface area contributed by atoms with Crippen LogP contribution < -0.4 is 4.74 Å². The van der Waals surface area contributed by atoms with E-state index in [9.17, 15) is 0 Å². The van der Waals surface area contributed by atoms with E-state index in [1.165, 1.54) is 0 Å². The average Bonchev–Trinajstić information content (AvgIpc) is 2.18. The lowest BCUT2D eigenvalue weighted by atomic mass is 10.3. The molecule has 0 amide bonds. The maximum Gasteiger partial charge on any atom is 0.120 e. The highest BCUT2D eigenvalue weighted by atomic mass is 35.5. The quantitative estimate of drug-likeness (QED) is 0.338. The highest BCUT2D eigenvalue weighted by Crippen LogP contribution is 2.26. The minimum atomic E-state index is 0.288. The van der Waals surface area contributed by atoms with Gasteiger partial charge in [0.25, 0.3) is 0 Å². The first-order chi connectivity index (χ1) is 6.74. The molecule has 0 aliphatic carbocycles. The van der Waals surface area contributed by atoms with Gasteiger partial charge in [-0.05, 0) is 17.7 Å². The summed E-state index contributed by atoms with van der Waals surface area (Å²) in [7, 11) is 0. The minimum Gasteiger partial charge on any atom is -0.493 e. The van der Waals surface area contributed by atoms with Crippen molar-refractivity contribution in [3.05, 3.63) is 38.7 Å². The van der Waals surface area contributed by atoms with E-state index in [0.29, 0.717) is 22.4 Å². The molecule has 0 saturated heterocycles. The van der Waals surface area contributed by atoms with Crippen LogP contribution >= 0.6 is 23.2 Å². The zero-order valence-corrected chi connectivity index (χ0v) is 8.66. The van der Waals surface area contributed by atoms with Gasteiger partial charge in [0.05, 0.1) is 23.2 Å². The van der Waals surface area contributed by atoms with Gasteiger partial charge >= 0.3 is 0 Å². The minimum absolute atomic E-state index is 0.288. The first-order valence-corrected chi connectivity index (χ1v) is 4.58. The Hall–Kier alpha value is -1.09. The van der Waals surface area contributed by atoms with Gasteiger partial charge in [0.1, 0.15) is 5.75 Å². The third kappa shape index (κ3) is 3.34. The van der Waals surface area contributed by atoms with Crippen molar-refractivity contribution in [2.24, 2.45) is 5.11 Å². The summed E-state index contributed by atoms with van der Waals surface area (Å²) in [6.07, 6.45) is 0. The molecule has 14 heavy (non-hydrogen) atoms. The van der Waals surface area contributed by atoms with Crippen molar-refractivity contribution in [3.63, 3.8) is 0 Å². The normalized spacial score (nSPS) is 9.29. The smallest absolute Gasteiger partial charge is 0.120 e. The molecule has 74 valence electrons. The molecule has 0 saturated carbocycles. The predicted octanol–water partition coefficient (Wildman–Crippen LogP) is 3.68. The monoisotopic (exact) mass is 231 g/mol. The SMILES string of the molecule is [N-]=[N+]=NCCOc1ccc(Cl)c(Cl)c1. The molecule has 0 aliphatic heterocycles. The number of nitrogens with zero attached hydrogens (tertiary/aromatic N) is 3. The molecule has 1 aromatic carbocycles. The molecular weight excluding hydrogens is 225 g/mol.